The molecule has 2 unspecified atom stereocenters. The van der Waals surface area contributed by atoms with E-state index in [4.69, 9.17) is 0 Å². The molecule has 2 rings (SSSR count). The van der Waals surface area contributed by atoms with E-state index < -0.39 is 0 Å². The number of aliphatic hydroxyl groups is 1. The Bertz CT molecular complexity index is 535. The first-order valence-corrected chi connectivity index (χ1v) is 8.23. The van der Waals surface area contributed by atoms with Gasteiger partial charge in [0.25, 0.3) is 0 Å². The van der Waals surface area contributed by atoms with E-state index in [1.54, 1.807) is 6.20 Å². The predicted octanol–water partition coefficient (Wildman–Crippen LogP) is 1.89. The molecule has 0 saturated heterocycles. The van der Waals surface area contributed by atoms with Crippen LogP contribution >= 0.6 is 0 Å². The highest BCUT2D eigenvalue weighted by molar-refractivity contribution is 5.73. The van der Waals surface area contributed by atoms with Crippen LogP contribution in [0.1, 0.15) is 38.2 Å². The van der Waals surface area contributed by atoms with E-state index in [0.29, 0.717) is 13.1 Å². The number of nitrogens with one attached hydrogen (secondary N) is 2. The summed E-state index contributed by atoms with van der Waals surface area (Å²) in [6, 6.07) is 3.64. The third-order valence-electron chi connectivity index (χ3n) is 4.65. The zero-order valence-electron chi connectivity index (χ0n) is 14.3. The monoisotopic (exact) mass is 320 g/mol. The lowest BCUT2D eigenvalue weighted by Crippen LogP contribution is -2.47. The van der Waals surface area contributed by atoms with Crippen LogP contribution in [0.5, 0.6) is 0 Å². The van der Waals surface area contributed by atoms with Crippen LogP contribution in [-0.2, 0) is 6.54 Å². The van der Waals surface area contributed by atoms with Crippen molar-refractivity contribution in [2.75, 3.05) is 25.5 Å². The summed E-state index contributed by atoms with van der Waals surface area (Å²) in [4.78, 5) is 18.2. The second-order valence-corrected chi connectivity index (χ2v) is 6.87. The van der Waals surface area contributed by atoms with Crippen molar-refractivity contribution >= 4 is 11.8 Å². The van der Waals surface area contributed by atoms with Gasteiger partial charge in [0.05, 0.1) is 6.10 Å². The second-order valence-electron chi connectivity index (χ2n) is 6.87. The molecule has 1 aliphatic rings. The van der Waals surface area contributed by atoms with Crippen LogP contribution in [0.4, 0.5) is 10.6 Å². The molecule has 1 heterocycles. The van der Waals surface area contributed by atoms with E-state index >= 15 is 0 Å². The zero-order valence-corrected chi connectivity index (χ0v) is 14.3. The normalized spacial score (nSPS) is 24.1. The maximum atomic E-state index is 12.0. The van der Waals surface area contributed by atoms with Crippen molar-refractivity contribution in [3.63, 3.8) is 0 Å². The van der Waals surface area contributed by atoms with Crippen molar-refractivity contribution in [3.05, 3.63) is 23.9 Å². The van der Waals surface area contributed by atoms with Gasteiger partial charge < -0.3 is 20.6 Å². The lowest BCUT2D eigenvalue weighted by Gasteiger charge is -2.38. The number of nitrogens with zero attached hydrogens (tertiary/aromatic N) is 2. The Morgan fingerprint density at radius 1 is 1.43 bits per heavy atom. The van der Waals surface area contributed by atoms with Crippen molar-refractivity contribution in [2.45, 2.75) is 45.3 Å². The Balaban J connectivity index is 1.80. The minimum Gasteiger partial charge on any atom is -0.392 e. The Kier molecular flexibility index (Phi) is 5.82. The van der Waals surface area contributed by atoms with Gasteiger partial charge in [-0.1, -0.05) is 19.8 Å². The van der Waals surface area contributed by atoms with Gasteiger partial charge in [-0.05, 0) is 30.5 Å². The molecule has 3 N–H and O–H groups in total. The fourth-order valence-electron chi connectivity index (χ4n) is 2.93. The number of carbonyl (C=O) groups excluding carboxylic acids is 1. The molecular weight excluding hydrogens is 292 g/mol. The lowest BCUT2D eigenvalue weighted by atomic mass is 9.73. The number of hydrogen-bond acceptors (Lipinski definition) is 4. The SMILES string of the molecule is CN(C)c1cc(CNC(=O)NCC2(C)CCCCC2O)ccn1. The van der Waals surface area contributed by atoms with Gasteiger partial charge in [0.2, 0.25) is 0 Å². The molecule has 6 nitrogen and oxygen atoms in total. The standard InChI is InChI=1S/C17H28N4O2/c1-17(8-5-4-6-14(17)22)12-20-16(23)19-11-13-7-9-18-15(10-13)21(2)3/h7,9-10,14,22H,4-6,8,11-12H2,1-3H3,(H2,19,20,23). The molecule has 6 heteroatoms. The Morgan fingerprint density at radius 3 is 2.91 bits per heavy atom. The van der Waals surface area contributed by atoms with Crippen molar-refractivity contribution in [1.29, 1.82) is 0 Å². The van der Waals surface area contributed by atoms with Gasteiger partial charge in [0.1, 0.15) is 5.82 Å². The summed E-state index contributed by atoms with van der Waals surface area (Å²) < 4.78 is 0. The van der Waals surface area contributed by atoms with Gasteiger partial charge in [-0.25, -0.2) is 9.78 Å². The summed E-state index contributed by atoms with van der Waals surface area (Å²) in [6.07, 6.45) is 5.36. The molecular formula is C17H28N4O2. The van der Waals surface area contributed by atoms with Crippen molar-refractivity contribution in [1.82, 2.24) is 15.6 Å². The van der Waals surface area contributed by atoms with Crippen molar-refractivity contribution in [3.8, 4) is 0 Å². The van der Waals surface area contributed by atoms with Gasteiger partial charge in [-0.3, -0.25) is 0 Å². The number of pyridine rings is 1. The number of aliphatic hydroxyl groups excluding tert-OH is 1. The molecule has 1 aliphatic carbocycles. The van der Waals surface area contributed by atoms with Crippen LogP contribution in [0.2, 0.25) is 0 Å². The van der Waals surface area contributed by atoms with E-state index in [0.717, 1.165) is 37.1 Å². The summed E-state index contributed by atoms with van der Waals surface area (Å²) >= 11 is 0. The third-order valence-corrected chi connectivity index (χ3v) is 4.65. The number of aromatic nitrogens is 1. The summed E-state index contributed by atoms with van der Waals surface area (Å²) in [6.45, 7) is 3.00. The lowest BCUT2D eigenvalue weighted by molar-refractivity contribution is 0.00309. The van der Waals surface area contributed by atoms with Crippen molar-refractivity contribution in [2.24, 2.45) is 5.41 Å². The highest BCUT2D eigenvalue weighted by atomic mass is 16.3. The predicted molar refractivity (Wildman–Crippen MR) is 91.4 cm³/mol. The van der Waals surface area contributed by atoms with Crippen LogP contribution < -0.4 is 15.5 Å². The molecule has 1 saturated carbocycles. The number of anilines is 1. The van der Waals surface area contributed by atoms with E-state index in [-0.39, 0.29) is 17.6 Å². The largest absolute Gasteiger partial charge is 0.392 e. The van der Waals surface area contributed by atoms with E-state index in [1.807, 2.05) is 38.1 Å². The fraction of sp³-hybridized carbons (Fsp3) is 0.647. The molecule has 0 spiro atoms. The maximum absolute atomic E-state index is 12.0. The zero-order chi connectivity index (χ0) is 16.9. The number of hydrogen-bond donors (Lipinski definition) is 3. The molecule has 128 valence electrons. The Morgan fingerprint density at radius 2 is 2.22 bits per heavy atom. The highest BCUT2D eigenvalue weighted by Crippen LogP contribution is 2.35. The number of rotatable bonds is 5. The Labute approximate surface area is 138 Å². The van der Waals surface area contributed by atoms with Crippen LogP contribution in [0.3, 0.4) is 0 Å². The average molecular weight is 320 g/mol. The molecule has 0 radical (unpaired) electrons. The third kappa shape index (κ3) is 4.82. The van der Waals surface area contributed by atoms with Crippen LogP contribution in [0.15, 0.2) is 18.3 Å². The second kappa shape index (κ2) is 7.64. The minimum absolute atomic E-state index is 0.202. The van der Waals surface area contributed by atoms with E-state index in [2.05, 4.69) is 15.6 Å². The molecule has 1 aromatic heterocycles. The smallest absolute Gasteiger partial charge is 0.315 e. The molecule has 1 fully saturated rings. The first-order chi connectivity index (χ1) is 10.9. The summed E-state index contributed by atoms with van der Waals surface area (Å²) in [5.41, 5.74) is 0.785. The van der Waals surface area contributed by atoms with Crippen LogP contribution in [-0.4, -0.2) is 42.9 Å². The van der Waals surface area contributed by atoms with Gasteiger partial charge in [-0.15, -0.1) is 0 Å². The average Bonchev–Trinajstić information content (AvgIpc) is 2.54. The molecule has 0 aliphatic heterocycles. The summed E-state index contributed by atoms with van der Waals surface area (Å²) in [5, 5.41) is 15.9. The maximum Gasteiger partial charge on any atom is 0.315 e. The topological polar surface area (TPSA) is 77.5 Å². The van der Waals surface area contributed by atoms with E-state index in [9.17, 15) is 9.90 Å². The van der Waals surface area contributed by atoms with Gasteiger partial charge in [0, 0.05) is 38.8 Å². The molecule has 2 atom stereocenters. The van der Waals surface area contributed by atoms with Gasteiger partial charge >= 0.3 is 6.03 Å². The first-order valence-electron chi connectivity index (χ1n) is 8.23. The first kappa shape index (κ1) is 17.5. The summed E-state index contributed by atoms with van der Waals surface area (Å²) in [5.74, 6) is 0.863. The highest BCUT2D eigenvalue weighted by Gasteiger charge is 2.35. The number of carbonyl (C=O) groups is 1. The fourth-order valence-corrected chi connectivity index (χ4v) is 2.93. The number of urea groups is 1. The molecule has 23 heavy (non-hydrogen) atoms. The van der Waals surface area contributed by atoms with Crippen LogP contribution in [0.25, 0.3) is 0 Å². The molecule has 1 aromatic rings. The quantitative estimate of drug-likeness (QED) is 0.774. The summed E-state index contributed by atoms with van der Waals surface area (Å²) in [7, 11) is 3.87. The van der Waals surface area contributed by atoms with Gasteiger partial charge in [0.15, 0.2) is 0 Å². The molecule has 0 bridgehead atoms. The van der Waals surface area contributed by atoms with Crippen LogP contribution in [0, 0.1) is 5.41 Å². The van der Waals surface area contributed by atoms with E-state index in [1.165, 1.54) is 0 Å². The van der Waals surface area contributed by atoms with Crippen molar-refractivity contribution < 1.29 is 9.90 Å². The Hall–Kier alpha value is -1.82. The minimum atomic E-state index is -0.334. The van der Waals surface area contributed by atoms with Gasteiger partial charge in [-0.2, -0.15) is 0 Å². The number of amides is 2. The molecule has 0 aromatic carbocycles. The molecule has 2 amide bonds.